The van der Waals surface area contributed by atoms with Gasteiger partial charge in [0.1, 0.15) is 0 Å². The lowest BCUT2D eigenvalue weighted by molar-refractivity contribution is 0.583. The van der Waals surface area contributed by atoms with E-state index in [2.05, 4.69) is 0 Å². The minimum atomic E-state index is -3.28. The van der Waals surface area contributed by atoms with Crippen LogP contribution in [0, 0.1) is 0 Å². The van der Waals surface area contributed by atoms with E-state index in [9.17, 15) is 16.8 Å². The maximum atomic E-state index is 11.4. The zero-order valence-corrected chi connectivity index (χ0v) is 10.8. The van der Waals surface area contributed by atoms with Crippen molar-refractivity contribution in [1.29, 1.82) is 0 Å². The van der Waals surface area contributed by atoms with Gasteiger partial charge in [-0.05, 0) is 13.3 Å². The van der Waals surface area contributed by atoms with Crippen LogP contribution in [0.5, 0.6) is 0 Å². The maximum absolute atomic E-state index is 11.4. The van der Waals surface area contributed by atoms with Gasteiger partial charge < -0.3 is 5.73 Å². The summed E-state index contributed by atoms with van der Waals surface area (Å²) in [4.78, 5) is 0. The molecular formula is C8H19NO4S2. The van der Waals surface area contributed by atoms with Crippen LogP contribution < -0.4 is 5.73 Å². The first-order valence-electron chi connectivity index (χ1n) is 4.85. The Hall–Kier alpha value is -0.140. The van der Waals surface area contributed by atoms with Crippen molar-refractivity contribution in [2.45, 2.75) is 26.3 Å². The first kappa shape index (κ1) is 14.9. The van der Waals surface area contributed by atoms with E-state index in [4.69, 9.17) is 5.73 Å². The van der Waals surface area contributed by atoms with E-state index in [-0.39, 0.29) is 29.1 Å². The summed E-state index contributed by atoms with van der Waals surface area (Å²) in [5.74, 6) is -0.639. The van der Waals surface area contributed by atoms with E-state index >= 15 is 0 Å². The molecule has 0 saturated carbocycles. The van der Waals surface area contributed by atoms with Crippen molar-refractivity contribution < 1.29 is 16.8 Å². The van der Waals surface area contributed by atoms with E-state index in [0.29, 0.717) is 6.42 Å². The number of sulfone groups is 2. The fraction of sp³-hybridized carbons (Fsp3) is 1.00. The molecule has 1 atom stereocenters. The zero-order valence-electron chi connectivity index (χ0n) is 9.14. The molecule has 0 amide bonds. The predicted octanol–water partition coefficient (Wildman–Crippen LogP) is -0.427. The SMILES string of the molecule is CCS(=O)(=O)CCS(=O)(=O)CCC(C)N. The first-order valence-corrected chi connectivity index (χ1v) is 8.49. The van der Waals surface area contributed by atoms with Gasteiger partial charge in [0.15, 0.2) is 19.7 Å². The van der Waals surface area contributed by atoms with E-state index in [1.165, 1.54) is 6.92 Å². The van der Waals surface area contributed by atoms with Gasteiger partial charge in [0.2, 0.25) is 0 Å². The molecule has 5 nitrogen and oxygen atoms in total. The second kappa shape index (κ2) is 5.81. The molecule has 0 aliphatic rings. The van der Waals surface area contributed by atoms with Crippen molar-refractivity contribution in [2.24, 2.45) is 5.73 Å². The summed E-state index contributed by atoms with van der Waals surface area (Å²) in [7, 11) is -6.48. The molecule has 7 heteroatoms. The van der Waals surface area contributed by atoms with Crippen LogP contribution in [0.1, 0.15) is 20.3 Å². The molecule has 0 saturated heterocycles. The Balaban J connectivity index is 4.18. The molecule has 0 aromatic heterocycles. The van der Waals surface area contributed by atoms with Crippen molar-refractivity contribution in [2.75, 3.05) is 23.0 Å². The van der Waals surface area contributed by atoms with Crippen LogP contribution in [0.15, 0.2) is 0 Å². The Kier molecular flexibility index (Phi) is 5.76. The van der Waals surface area contributed by atoms with Crippen LogP contribution in [-0.4, -0.2) is 45.9 Å². The molecule has 1 unspecified atom stereocenters. The van der Waals surface area contributed by atoms with Gasteiger partial charge in [-0.15, -0.1) is 0 Å². The van der Waals surface area contributed by atoms with E-state index in [1.807, 2.05) is 0 Å². The summed E-state index contributed by atoms with van der Waals surface area (Å²) in [6.45, 7) is 3.22. The molecule has 2 N–H and O–H groups in total. The quantitative estimate of drug-likeness (QED) is 0.668. The summed E-state index contributed by atoms with van der Waals surface area (Å²) in [5.41, 5.74) is 5.43. The van der Waals surface area contributed by atoms with Crippen LogP contribution in [0.2, 0.25) is 0 Å². The Morgan fingerprint density at radius 1 is 1.00 bits per heavy atom. The smallest absolute Gasteiger partial charge is 0.151 e. The number of hydrogen-bond acceptors (Lipinski definition) is 5. The van der Waals surface area contributed by atoms with Crippen LogP contribution in [0.4, 0.5) is 0 Å². The van der Waals surface area contributed by atoms with Crippen molar-refractivity contribution in [3.8, 4) is 0 Å². The lowest BCUT2D eigenvalue weighted by Gasteiger charge is -2.06. The van der Waals surface area contributed by atoms with Gasteiger partial charge in [0.25, 0.3) is 0 Å². The second-order valence-corrected chi connectivity index (χ2v) is 8.43. The van der Waals surface area contributed by atoms with Crippen molar-refractivity contribution in [3.05, 3.63) is 0 Å². The lowest BCUT2D eigenvalue weighted by atomic mass is 10.3. The number of hydrogen-bond donors (Lipinski definition) is 1. The van der Waals surface area contributed by atoms with Gasteiger partial charge in [-0.3, -0.25) is 0 Å². The molecular weight excluding hydrogens is 238 g/mol. The largest absolute Gasteiger partial charge is 0.328 e. The highest BCUT2D eigenvalue weighted by Gasteiger charge is 2.16. The van der Waals surface area contributed by atoms with Crippen LogP contribution in [0.3, 0.4) is 0 Å². The monoisotopic (exact) mass is 257 g/mol. The van der Waals surface area contributed by atoms with Gasteiger partial charge in [-0.25, -0.2) is 16.8 Å². The van der Waals surface area contributed by atoms with Crippen molar-refractivity contribution in [1.82, 2.24) is 0 Å². The first-order chi connectivity index (χ1) is 6.68. The molecule has 0 aromatic rings. The highest BCUT2D eigenvalue weighted by atomic mass is 32.2. The van der Waals surface area contributed by atoms with Gasteiger partial charge in [-0.1, -0.05) is 6.92 Å². The molecule has 0 bridgehead atoms. The third-order valence-electron chi connectivity index (χ3n) is 2.03. The van der Waals surface area contributed by atoms with Gasteiger partial charge in [0.05, 0.1) is 17.3 Å². The molecule has 15 heavy (non-hydrogen) atoms. The Labute approximate surface area is 91.9 Å². The van der Waals surface area contributed by atoms with Crippen LogP contribution in [-0.2, 0) is 19.7 Å². The fourth-order valence-electron chi connectivity index (χ4n) is 0.866. The third-order valence-corrected chi connectivity index (χ3v) is 5.68. The average molecular weight is 257 g/mol. The Bertz CT molecular complexity index is 369. The summed E-state index contributed by atoms with van der Waals surface area (Å²) in [6, 6.07) is -0.178. The summed E-state index contributed by atoms with van der Waals surface area (Å²) >= 11 is 0. The van der Waals surface area contributed by atoms with Crippen LogP contribution >= 0.6 is 0 Å². The van der Waals surface area contributed by atoms with E-state index < -0.39 is 19.7 Å². The highest BCUT2D eigenvalue weighted by Crippen LogP contribution is 1.99. The predicted molar refractivity (Wildman–Crippen MR) is 61.2 cm³/mol. The van der Waals surface area contributed by atoms with Gasteiger partial charge in [-0.2, -0.15) is 0 Å². The fourth-order valence-corrected chi connectivity index (χ4v) is 4.12. The average Bonchev–Trinajstić information content (AvgIpc) is 2.13. The molecule has 92 valence electrons. The minimum absolute atomic E-state index is 0.0180. The molecule has 0 spiro atoms. The standard InChI is InChI=1S/C8H19NO4S2/c1-3-14(10,11)6-7-15(12,13)5-4-8(2)9/h8H,3-7,9H2,1-2H3. The van der Waals surface area contributed by atoms with Crippen molar-refractivity contribution in [3.63, 3.8) is 0 Å². The summed E-state index contributed by atoms with van der Waals surface area (Å²) in [6.07, 6.45) is 0.370. The van der Waals surface area contributed by atoms with E-state index in [0.717, 1.165) is 0 Å². The highest BCUT2D eigenvalue weighted by molar-refractivity contribution is 7.95. The molecule has 0 radical (unpaired) electrons. The molecule has 0 aliphatic carbocycles. The van der Waals surface area contributed by atoms with Gasteiger partial charge in [0, 0.05) is 11.8 Å². The molecule has 0 aromatic carbocycles. The third kappa shape index (κ3) is 7.75. The van der Waals surface area contributed by atoms with Gasteiger partial charge >= 0.3 is 0 Å². The molecule has 0 fully saturated rings. The second-order valence-electron chi connectivity index (χ2n) is 3.65. The number of nitrogens with two attached hydrogens (primary N) is 1. The summed E-state index contributed by atoms with van der Waals surface area (Å²) in [5, 5.41) is 0. The number of rotatable bonds is 7. The zero-order chi connectivity index (χ0) is 12.1. The molecule has 0 heterocycles. The Morgan fingerprint density at radius 3 is 1.87 bits per heavy atom. The minimum Gasteiger partial charge on any atom is -0.328 e. The van der Waals surface area contributed by atoms with E-state index in [1.54, 1.807) is 6.92 Å². The lowest BCUT2D eigenvalue weighted by Crippen LogP contribution is -2.24. The molecule has 0 aliphatic heterocycles. The van der Waals surface area contributed by atoms with Crippen LogP contribution in [0.25, 0.3) is 0 Å². The van der Waals surface area contributed by atoms with Crippen molar-refractivity contribution >= 4 is 19.7 Å². The maximum Gasteiger partial charge on any atom is 0.151 e. The molecule has 0 rings (SSSR count). The summed E-state index contributed by atoms with van der Waals surface area (Å²) < 4.78 is 44.9. The Morgan fingerprint density at radius 2 is 1.47 bits per heavy atom. The topological polar surface area (TPSA) is 94.3 Å². The normalized spacial score (nSPS) is 15.1.